The van der Waals surface area contributed by atoms with E-state index in [0.29, 0.717) is 225 Å². The van der Waals surface area contributed by atoms with E-state index in [9.17, 15) is 4.79 Å². The summed E-state index contributed by atoms with van der Waals surface area (Å²) < 4.78 is 107. The average Bonchev–Trinajstić information content (AvgIpc) is 3.30. The summed E-state index contributed by atoms with van der Waals surface area (Å²) in [6, 6.07) is 0. The third kappa shape index (κ3) is 58.5. The molecule has 0 unspecified atom stereocenters. The fourth-order valence-corrected chi connectivity index (χ4v) is 4.26. The molecular weight excluding hydrogens is 860 g/mol. The van der Waals surface area contributed by atoms with Crippen molar-refractivity contribution in [3.8, 4) is 0 Å². The summed E-state index contributed by atoms with van der Waals surface area (Å²) in [6.07, 6.45) is -0.789. The van der Waals surface area contributed by atoms with Gasteiger partial charge in [-0.1, -0.05) is 0 Å². The number of carbonyl (C=O) groups is 1. The van der Waals surface area contributed by atoms with Crippen LogP contribution in [0, 0.1) is 0 Å². The third-order valence-electron chi connectivity index (χ3n) is 7.32. The molecule has 0 heterocycles. The number of hydrogen-bond acceptors (Lipinski definition) is 23. The number of carbonyl (C=O) groups excluding carboxylic acids is 1. The van der Waals surface area contributed by atoms with Crippen LogP contribution in [0.2, 0.25) is 0 Å². The second-order valence-corrected chi connectivity index (χ2v) is 12.4. The molecule has 0 fully saturated rings. The van der Waals surface area contributed by atoms with Crippen LogP contribution in [0.4, 0.5) is 4.79 Å². The molecule has 384 valence electrons. The van der Waals surface area contributed by atoms with Crippen molar-refractivity contribution < 1.29 is 110 Å². The lowest BCUT2D eigenvalue weighted by Crippen LogP contribution is -2.17. The van der Waals surface area contributed by atoms with Crippen LogP contribution in [-0.2, 0) is 94.7 Å². The van der Waals surface area contributed by atoms with E-state index in [0.717, 1.165) is 0 Å². The molecule has 0 aromatic rings. The molecule has 0 amide bonds. The number of ether oxygens (including phenoxy) is 20. The lowest BCUT2D eigenvalue weighted by Gasteiger charge is -2.09. The first-order chi connectivity index (χ1) is 31.8. The molecule has 0 atom stereocenters. The number of rotatable bonds is 58. The number of hydrogen-bond donors (Lipinski definition) is 2. The zero-order chi connectivity index (χ0) is 46.0. The topological polar surface area (TPSA) is 242 Å². The molecule has 23 nitrogen and oxygen atoms in total. The monoisotopic (exact) mass is 943 g/mol. The van der Waals surface area contributed by atoms with E-state index in [1.54, 1.807) is 0 Å². The van der Waals surface area contributed by atoms with Gasteiger partial charge in [0, 0.05) is 0 Å². The number of aliphatic hydroxyl groups excluding tert-OH is 2. The van der Waals surface area contributed by atoms with Crippen LogP contribution < -0.4 is 0 Å². The summed E-state index contributed by atoms with van der Waals surface area (Å²) in [5.41, 5.74) is 0. The second-order valence-electron chi connectivity index (χ2n) is 12.4. The van der Waals surface area contributed by atoms with E-state index >= 15 is 0 Å². The predicted molar refractivity (Wildman–Crippen MR) is 226 cm³/mol. The molecule has 0 aliphatic rings. The van der Waals surface area contributed by atoms with Gasteiger partial charge in [0.2, 0.25) is 0 Å². The molecule has 64 heavy (non-hydrogen) atoms. The fourth-order valence-electron chi connectivity index (χ4n) is 4.26. The Kier molecular flexibility index (Phi) is 58.1. The Bertz CT molecular complexity index is 790. The molecule has 23 heteroatoms. The fraction of sp³-hybridized carbons (Fsp3) is 0.976. The Morgan fingerprint density at radius 3 is 0.422 bits per heavy atom. The lowest BCUT2D eigenvalue weighted by molar-refractivity contribution is -0.0286. The second kappa shape index (κ2) is 59.5. The minimum absolute atomic E-state index is 0.0131. The molecule has 0 saturated heterocycles. The maximum absolute atomic E-state index is 11.7. The van der Waals surface area contributed by atoms with Gasteiger partial charge >= 0.3 is 6.16 Å². The van der Waals surface area contributed by atoms with Crippen LogP contribution in [0.5, 0.6) is 0 Å². The van der Waals surface area contributed by atoms with Crippen molar-refractivity contribution in [2.24, 2.45) is 0 Å². The smallest absolute Gasteiger partial charge is 0.432 e. The van der Waals surface area contributed by atoms with E-state index in [1.807, 2.05) is 0 Å². The minimum atomic E-state index is -0.789. The molecule has 0 aromatic carbocycles. The SMILES string of the molecule is O=C(OCCOCCOCCOCCOCCOCCOCCOCCOCCOCCO)OCCOCCOCCOCCOCCOCCOCCOCCOCCOCCO. The first-order valence-electron chi connectivity index (χ1n) is 22.2. The summed E-state index contributed by atoms with van der Waals surface area (Å²) in [6.45, 7) is 15.8. The van der Waals surface area contributed by atoms with Gasteiger partial charge in [0.25, 0.3) is 0 Å². The van der Waals surface area contributed by atoms with Gasteiger partial charge in [-0.15, -0.1) is 0 Å². The van der Waals surface area contributed by atoms with Crippen molar-refractivity contribution in [2.45, 2.75) is 0 Å². The summed E-state index contributed by atoms with van der Waals surface area (Å²) in [5, 5.41) is 17.2. The molecule has 0 spiro atoms. The zero-order valence-corrected chi connectivity index (χ0v) is 38.3. The van der Waals surface area contributed by atoms with Crippen molar-refractivity contribution in [1.29, 1.82) is 0 Å². The van der Waals surface area contributed by atoms with Gasteiger partial charge in [0.1, 0.15) is 13.2 Å². The molecule has 2 N–H and O–H groups in total. The van der Waals surface area contributed by atoms with Crippen molar-refractivity contribution in [3.63, 3.8) is 0 Å². The van der Waals surface area contributed by atoms with Crippen LogP contribution >= 0.6 is 0 Å². The third-order valence-corrected chi connectivity index (χ3v) is 7.32. The summed E-state index contributed by atoms with van der Waals surface area (Å²) in [7, 11) is 0. The molecule has 0 rings (SSSR count). The van der Waals surface area contributed by atoms with Crippen LogP contribution in [0.15, 0.2) is 0 Å². The van der Waals surface area contributed by atoms with Crippen molar-refractivity contribution in [2.75, 3.05) is 264 Å². The van der Waals surface area contributed by atoms with Gasteiger partial charge in [-0.25, -0.2) is 4.79 Å². The maximum Gasteiger partial charge on any atom is 0.508 e. The van der Waals surface area contributed by atoms with Crippen LogP contribution in [-0.4, -0.2) is 281 Å². The molecule has 0 aliphatic carbocycles. The normalized spacial score (nSPS) is 11.5. The highest BCUT2D eigenvalue weighted by molar-refractivity contribution is 5.59. The van der Waals surface area contributed by atoms with Gasteiger partial charge in [0.15, 0.2) is 0 Å². The van der Waals surface area contributed by atoms with E-state index in [-0.39, 0.29) is 39.6 Å². The van der Waals surface area contributed by atoms with Crippen LogP contribution in [0.1, 0.15) is 0 Å². The molecule has 0 bridgehead atoms. The van der Waals surface area contributed by atoms with Crippen molar-refractivity contribution >= 4 is 6.16 Å². The average molecular weight is 943 g/mol. The quantitative estimate of drug-likeness (QED) is 0.0573. The van der Waals surface area contributed by atoms with Gasteiger partial charge in [-0.3, -0.25) is 0 Å². The van der Waals surface area contributed by atoms with Gasteiger partial charge in [-0.05, 0) is 0 Å². The molecule has 0 radical (unpaired) electrons. The Balaban J connectivity index is 3.14. The van der Waals surface area contributed by atoms with E-state index in [1.165, 1.54) is 0 Å². The summed E-state index contributed by atoms with van der Waals surface area (Å²) >= 11 is 0. The largest absolute Gasteiger partial charge is 0.508 e. The molecule has 0 aromatic heterocycles. The zero-order valence-electron chi connectivity index (χ0n) is 38.3. The van der Waals surface area contributed by atoms with Crippen molar-refractivity contribution in [3.05, 3.63) is 0 Å². The standard InChI is InChI=1S/C41H82O23/c42-1-3-45-5-7-47-9-11-49-13-15-51-17-19-53-21-23-55-25-27-57-29-31-59-33-35-61-37-39-63-41(44)64-40-38-62-36-34-60-32-30-58-28-26-56-24-22-54-20-18-52-16-14-50-12-10-48-8-6-46-4-2-43/h42-43H,1-40H2. The number of aliphatic hydroxyl groups is 2. The van der Waals surface area contributed by atoms with Crippen molar-refractivity contribution in [1.82, 2.24) is 0 Å². The molecule has 0 aliphatic heterocycles. The molecular formula is C41H82O23. The van der Waals surface area contributed by atoms with E-state index in [2.05, 4.69) is 0 Å². The van der Waals surface area contributed by atoms with Crippen LogP contribution in [0.25, 0.3) is 0 Å². The van der Waals surface area contributed by atoms with Gasteiger partial charge in [-0.2, -0.15) is 0 Å². The van der Waals surface area contributed by atoms with Crippen LogP contribution in [0.3, 0.4) is 0 Å². The Hall–Kier alpha value is -1.53. The lowest BCUT2D eigenvalue weighted by atomic mass is 10.6. The summed E-state index contributed by atoms with van der Waals surface area (Å²) in [5.74, 6) is 0. The van der Waals surface area contributed by atoms with Gasteiger partial charge < -0.3 is 105 Å². The Morgan fingerprint density at radius 1 is 0.188 bits per heavy atom. The first kappa shape index (κ1) is 62.5. The highest BCUT2D eigenvalue weighted by Crippen LogP contribution is 1.91. The highest BCUT2D eigenvalue weighted by atomic mass is 16.7. The Labute approximate surface area is 379 Å². The highest BCUT2D eigenvalue weighted by Gasteiger charge is 2.04. The first-order valence-corrected chi connectivity index (χ1v) is 22.2. The Morgan fingerprint density at radius 2 is 0.297 bits per heavy atom. The van der Waals surface area contributed by atoms with E-state index in [4.69, 9.17) is 105 Å². The minimum Gasteiger partial charge on any atom is -0.432 e. The predicted octanol–water partition coefficient (Wildman–Crippen LogP) is -0.577. The van der Waals surface area contributed by atoms with Gasteiger partial charge in [0.05, 0.1) is 251 Å². The summed E-state index contributed by atoms with van der Waals surface area (Å²) in [4.78, 5) is 11.7. The maximum atomic E-state index is 11.7. The van der Waals surface area contributed by atoms with E-state index < -0.39 is 6.16 Å². The molecule has 0 saturated carbocycles.